The van der Waals surface area contributed by atoms with Crippen LogP contribution in [0.3, 0.4) is 0 Å². The van der Waals surface area contributed by atoms with Crippen LogP contribution in [0.25, 0.3) is 0 Å². The molecule has 12 heteroatoms. The lowest BCUT2D eigenvalue weighted by atomic mass is 9.80. The van der Waals surface area contributed by atoms with Crippen molar-refractivity contribution in [2.75, 3.05) is 26.1 Å². The van der Waals surface area contributed by atoms with Gasteiger partial charge in [0.25, 0.3) is 5.56 Å². The number of aromatic amines is 1. The quantitative estimate of drug-likeness (QED) is 0.174. The van der Waals surface area contributed by atoms with E-state index in [2.05, 4.69) is 10.3 Å². The summed E-state index contributed by atoms with van der Waals surface area (Å²) in [6, 6.07) is 34.2. The summed E-state index contributed by atoms with van der Waals surface area (Å²) < 4.78 is 30.7. The molecule has 0 radical (unpaired) electrons. The van der Waals surface area contributed by atoms with E-state index in [1.54, 1.807) is 44.6 Å². The average molecular weight is 666 g/mol. The van der Waals surface area contributed by atoms with E-state index in [1.807, 2.05) is 78.9 Å². The minimum atomic E-state index is -1.45. The van der Waals surface area contributed by atoms with Gasteiger partial charge in [0.15, 0.2) is 12.3 Å². The highest BCUT2D eigenvalue weighted by atomic mass is 16.6. The number of aliphatic hydroxyl groups is 1. The van der Waals surface area contributed by atoms with E-state index in [1.165, 1.54) is 6.20 Å². The number of hydrogen-bond acceptors (Lipinski definition) is 9. The van der Waals surface area contributed by atoms with Gasteiger partial charge in [-0.2, -0.15) is 0 Å². The summed E-state index contributed by atoms with van der Waals surface area (Å²) in [5, 5.41) is 14.3. The molecule has 0 spiro atoms. The Bertz CT molecular complexity index is 1920. The molecule has 1 aliphatic rings. The van der Waals surface area contributed by atoms with Crippen LogP contribution in [0.4, 0.5) is 10.5 Å². The number of ether oxygens (including phenoxy) is 5. The highest BCUT2D eigenvalue weighted by Gasteiger charge is 2.49. The molecule has 12 nitrogen and oxygen atoms in total. The van der Waals surface area contributed by atoms with Crippen molar-refractivity contribution in [2.45, 2.75) is 30.1 Å². The van der Waals surface area contributed by atoms with Gasteiger partial charge in [-0.05, 0) is 53.1 Å². The number of nitrogens with one attached hydrogen (secondary N) is 2. The number of rotatable bonds is 11. The predicted molar refractivity (Wildman–Crippen MR) is 180 cm³/mol. The number of hydrogen-bond donors (Lipinski definition) is 3. The number of carbonyl (C=O) groups excluding carboxylic acids is 1. The molecule has 3 N–H and O–H groups in total. The van der Waals surface area contributed by atoms with Crippen LogP contribution < -0.4 is 26.0 Å². The van der Waals surface area contributed by atoms with E-state index < -0.39 is 47.5 Å². The van der Waals surface area contributed by atoms with Gasteiger partial charge in [0, 0.05) is 18.0 Å². The molecule has 1 saturated heterocycles. The Morgan fingerprint density at radius 3 is 1.92 bits per heavy atom. The molecule has 1 amide bonds. The standard InChI is InChI=1S/C37H35N3O9/c1-45-28-17-13-25(14-18-28)37(24-9-5-3-6-10-24,26-15-19-29(46-2)20-16-26)47-23-30-32(42)33(49-36(44)38-27-11-7-4-8-12-27)34(48-30)40-22-21-31(41)39-35(40)43/h3-22,30,32-34,42H,23H2,1-2H3,(H,38,44)(H,39,41,43)/t30-,32?,33?,34-/m0/s1. The molecule has 6 rings (SSSR count). The van der Waals surface area contributed by atoms with Crippen LogP contribution in [0.5, 0.6) is 11.5 Å². The summed E-state index contributed by atoms with van der Waals surface area (Å²) in [6.45, 7) is -0.219. The molecule has 4 atom stereocenters. The maximum absolute atomic E-state index is 13.0. The zero-order chi connectivity index (χ0) is 34.4. The number of benzene rings is 4. The first-order valence-electron chi connectivity index (χ1n) is 15.5. The number of carbonyl (C=O) groups is 1. The van der Waals surface area contributed by atoms with Crippen molar-refractivity contribution < 1.29 is 33.6 Å². The summed E-state index contributed by atoms with van der Waals surface area (Å²) in [5.41, 5.74) is 0.0771. The first kappa shape index (κ1) is 33.2. The van der Waals surface area contributed by atoms with Gasteiger partial charge in [0.2, 0.25) is 0 Å². The number of nitrogens with zero attached hydrogens (tertiary/aromatic N) is 1. The van der Waals surface area contributed by atoms with Gasteiger partial charge in [-0.3, -0.25) is 19.7 Å². The maximum Gasteiger partial charge on any atom is 0.412 e. The summed E-state index contributed by atoms with van der Waals surface area (Å²) in [6.07, 6.45) is -4.88. The van der Waals surface area contributed by atoms with Crippen LogP contribution in [0.15, 0.2) is 131 Å². The van der Waals surface area contributed by atoms with E-state index in [0.717, 1.165) is 27.3 Å². The largest absolute Gasteiger partial charge is 0.497 e. The van der Waals surface area contributed by atoms with Crippen LogP contribution in [-0.4, -0.2) is 59.9 Å². The second-order valence-electron chi connectivity index (χ2n) is 11.2. The Hall–Kier alpha value is -5.69. The highest BCUT2D eigenvalue weighted by molar-refractivity contribution is 5.84. The molecule has 2 heterocycles. The van der Waals surface area contributed by atoms with Gasteiger partial charge in [0.1, 0.15) is 29.3 Å². The number of para-hydroxylation sites is 1. The number of methoxy groups -OCH3 is 2. The van der Waals surface area contributed by atoms with Crippen LogP contribution in [0.2, 0.25) is 0 Å². The van der Waals surface area contributed by atoms with E-state index in [4.69, 9.17) is 23.7 Å². The molecule has 1 aliphatic heterocycles. The molecule has 4 aromatic carbocycles. The maximum atomic E-state index is 13.0. The first-order valence-corrected chi connectivity index (χ1v) is 15.5. The van der Waals surface area contributed by atoms with Crippen molar-refractivity contribution in [2.24, 2.45) is 0 Å². The highest BCUT2D eigenvalue weighted by Crippen LogP contribution is 2.43. The molecular weight excluding hydrogens is 630 g/mol. The van der Waals surface area contributed by atoms with Gasteiger partial charge in [-0.25, -0.2) is 9.59 Å². The molecule has 0 aliphatic carbocycles. The Morgan fingerprint density at radius 2 is 1.37 bits per heavy atom. The Labute approximate surface area is 281 Å². The van der Waals surface area contributed by atoms with Crippen LogP contribution in [0.1, 0.15) is 22.9 Å². The fraction of sp³-hybridized carbons (Fsp3) is 0.216. The molecule has 5 aromatic rings. The fourth-order valence-electron chi connectivity index (χ4n) is 5.91. The van der Waals surface area contributed by atoms with Crippen molar-refractivity contribution in [1.82, 2.24) is 9.55 Å². The molecule has 49 heavy (non-hydrogen) atoms. The minimum Gasteiger partial charge on any atom is -0.497 e. The fourth-order valence-corrected chi connectivity index (χ4v) is 5.91. The minimum absolute atomic E-state index is 0.219. The van der Waals surface area contributed by atoms with Gasteiger partial charge in [0.05, 0.1) is 20.8 Å². The third-order valence-electron chi connectivity index (χ3n) is 8.34. The summed E-state index contributed by atoms with van der Waals surface area (Å²) >= 11 is 0. The van der Waals surface area contributed by atoms with Crippen LogP contribution in [0, 0.1) is 0 Å². The van der Waals surface area contributed by atoms with E-state index in [-0.39, 0.29) is 6.61 Å². The molecule has 0 saturated carbocycles. The lowest BCUT2D eigenvalue weighted by Crippen LogP contribution is -2.42. The summed E-state index contributed by atoms with van der Waals surface area (Å²) in [4.78, 5) is 39.9. The number of H-pyrrole nitrogens is 1. The lowest BCUT2D eigenvalue weighted by molar-refractivity contribution is -0.0959. The van der Waals surface area contributed by atoms with Gasteiger partial charge < -0.3 is 28.8 Å². The topological polar surface area (TPSA) is 150 Å². The van der Waals surface area contributed by atoms with Gasteiger partial charge >= 0.3 is 11.8 Å². The lowest BCUT2D eigenvalue weighted by Gasteiger charge is -2.37. The number of amides is 1. The Balaban J connectivity index is 1.38. The van der Waals surface area contributed by atoms with Gasteiger partial charge in [-0.1, -0.05) is 72.8 Å². The van der Waals surface area contributed by atoms with E-state index >= 15 is 0 Å². The predicted octanol–water partition coefficient (Wildman–Crippen LogP) is 4.44. The van der Waals surface area contributed by atoms with E-state index in [0.29, 0.717) is 17.2 Å². The molecule has 0 bridgehead atoms. The molecule has 1 fully saturated rings. The van der Waals surface area contributed by atoms with Crippen molar-refractivity contribution >= 4 is 11.8 Å². The van der Waals surface area contributed by atoms with Crippen molar-refractivity contribution in [3.63, 3.8) is 0 Å². The molecule has 2 unspecified atom stereocenters. The second-order valence-corrected chi connectivity index (χ2v) is 11.2. The van der Waals surface area contributed by atoms with Crippen molar-refractivity contribution in [3.8, 4) is 11.5 Å². The zero-order valence-electron chi connectivity index (χ0n) is 26.7. The zero-order valence-corrected chi connectivity index (χ0v) is 26.7. The summed E-state index contributed by atoms with van der Waals surface area (Å²) in [5.74, 6) is 1.30. The Kier molecular flexibility index (Phi) is 9.90. The number of aliphatic hydroxyl groups excluding tert-OH is 1. The molecular formula is C37H35N3O9. The normalized spacial score (nSPS) is 18.8. The molecule has 252 valence electrons. The van der Waals surface area contributed by atoms with Crippen LogP contribution in [-0.2, 0) is 19.8 Å². The second kappa shape index (κ2) is 14.6. The van der Waals surface area contributed by atoms with Crippen LogP contribution >= 0.6 is 0 Å². The van der Waals surface area contributed by atoms with Gasteiger partial charge in [-0.15, -0.1) is 0 Å². The number of anilines is 1. The molecule has 1 aromatic heterocycles. The monoisotopic (exact) mass is 665 g/mol. The number of aromatic nitrogens is 2. The third kappa shape index (κ3) is 6.97. The summed E-state index contributed by atoms with van der Waals surface area (Å²) in [7, 11) is 3.17. The first-order chi connectivity index (χ1) is 23.8. The Morgan fingerprint density at radius 1 is 0.816 bits per heavy atom. The van der Waals surface area contributed by atoms with Crippen molar-refractivity contribution in [1.29, 1.82) is 0 Å². The SMILES string of the molecule is COc1ccc(C(OC[C@@H]2O[C@H](n3ccc(=O)[nH]c3=O)C(OC(=O)Nc3ccccc3)C2O)(c2ccccc2)c2ccc(OC)cc2)cc1. The third-order valence-corrected chi connectivity index (χ3v) is 8.34. The average Bonchev–Trinajstić information content (AvgIpc) is 3.43. The van der Waals surface area contributed by atoms with Crippen molar-refractivity contribution in [3.05, 3.63) is 159 Å². The van der Waals surface area contributed by atoms with E-state index in [9.17, 15) is 19.5 Å². The smallest absolute Gasteiger partial charge is 0.412 e.